The number of nitrogens with zero attached hydrogens (tertiary/aromatic N) is 1. The Labute approximate surface area is 97.4 Å². The Morgan fingerprint density at radius 3 is 2.81 bits per heavy atom. The Hall–Kier alpha value is -1.02. The number of anilines is 1. The molecule has 0 amide bonds. The number of nitrogen functional groups attached to an aromatic ring is 1. The van der Waals surface area contributed by atoms with Crippen LogP contribution in [0, 0.1) is 0 Å². The van der Waals surface area contributed by atoms with Crippen LogP contribution in [0.15, 0.2) is 18.2 Å². The molecule has 1 aliphatic carbocycles. The Morgan fingerprint density at radius 2 is 2.00 bits per heavy atom. The molecule has 1 saturated heterocycles. The zero-order valence-corrected chi connectivity index (χ0v) is 9.78. The lowest BCUT2D eigenvalue weighted by Gasteiger charge is -2.32. The Morgan fingerprint density at radius 1 is 1.19 bits per heavy atom. The monoisotopic (exact) mass is 216 g/mol. The van der Waals surface area contributed by atoms with Crippen molar-refractivity contribution in [2.24, 2.45) is 0 Å². The van der Waals surface area contributed by atoms with Crippen molar-refractivity contribution in [2.75, 3.05) is 18.8 Å². The van der Waals surface area contributed by atoms with Crippen molar-refractivity contribution in [1.29, 1.82) is 0 Å². The minimum atomic E-state index is 0.775. The molecule has 0 spiro atoms. The highest BCUT2D eigenvalue weighted by Gasteiger charge is 2.26. The molecule has 86 valence electrons. The maximum atomic E-state index is 6.03. The van der Waals surface area contributed by atoms with Gasteiger partial charge in [-0.15, -0.1) is 0 Å². The van der Waals surface area contributed by atoms with Gasteiger partial charge in [0.2, 0.25) is 0 Å². The van der Waals surface area contributed by atoms with Gasteiger partial charge in [-0.25, -0.2) is 0 Å². The van der Waals surface area contributed by atoms with E-state index in [0.717, 1.165) is 11.7 Å². The van der Waals surface area contributed by atoms with Crippen LogP contribution >= 0.6 is 0 Å². The van der Waals surface area contributed by atoms with Crippen LogP contribution in [0.4, 0.5) is 5.69 Å². The van der Waals surface area contributed by atoms with Crippen molar-refractivity contribution in [3.63, 3.8) is 0 Å². The molecule has 2 nitrogen and oxygen atoms in total. The van der Waals surface area contributed by atoms with E-state index in [2.05, 4.69) is 17.0 Å². The number of hydrogen-bond acceptors (Lipinski definition) is 2. The molecule has 0 radical (unpaired) electrons. The summed E-state index contributed by atoms with van der Waals surface area (Å²) < 4.78 is 0. The standard InChI is InChI=1S/C14H20N2/c15-14-5-3-4-11-10-12(6-7-13(11)14)16-8-1-2-9-16/h3-5,12H,1-2,6-10,15H2. The van der Waals surface area contributed by atoms with Gasteiger partial charge in [-0.3, -0.25) is 0 Å². The van der Waals surface area contributed by atoms with E-state index in [1.165, 1.54) is 56.3 Å². The summed E-state index contributed by atoms with van der Waals surface area (Å²) in [6, 6.07) is 7.17. The van der Waals surface area contributed by atoms with Gasteiger partial charge < -0.3 is 10.6 Å². The predicted octanol–water partition coefficient (Wildman–Crippen LogP) is 2.22. The van der Waals surface area contributed by atoms with Gasteiger partial charge in [0.1, 0.15) is 0 Å². The Bertz CT molecular complexity index is 380. The fraction of sp³-hybridized carbons (Fsp3) is 0.571. The molecule has 1 fully saturated rings. The summed E-state index contributed by atoms with van der Waals surface area (Å²) in [5, 5.41) is 0. The number of likely N-dealkylation sites (tertiary alicyclic amines) is 1. The van der Waals surface area contributed by atoms with Crippen LogP contribution in [0.3, 0.4) is 0 Å². The number of nitrogens with two attached hydrogens (primary N) is 1. The van der Waals surface area contributed by atoms with E-state index in [-0.39, 0.29) is 0 Å². The molecule has 1 aliphatic heterocycles. The third-order valence-electron chi connectivity index (χ3n) is 4.15. The maximum Gasteiger partial charge on any atom is 0.0349 e. The van der Waals surface area contributed by atoms with Crippen molar-refractivity contribution in [2.45, 2.75) is 38.1 Å². The Kier molecular flexibility index (Phi) is 2.60. The molecule has 1 heterocycles. The first-order chi connectivity index (χ1) is 7.84. The highest BCUT2D eigenvalue weighted by Crippen LogP contribution is 2.29. The highest BCUT2D eigenvalue weighted by atomic mass is 15.2. The second-order valence-corrected chi connectivity index (χ2v) is 5.12. The molecular weight excluding hydrogens is 196 g/mol. The third kappa shape index (κ3) is 1.71. The quantitative estimate of drug-likeness (QED) is 0.729. The van der Waals surface area contributed by atoms with Crippen molar-refractivity contribution in [3.05, 3.63) is 29.3 Å². The smallest absolute Gasteiger partial charge is 0.0349 e. The van der Waals surface area contributed by atoms with Crippen molar-refractivity contribution in [1.82, 2.24) is 4.90 Å². The second kappa shape index (κ2) is 4.10. The average molecular weight is 216 g/mol. The van der Waals surface area contributed by atoms with Crippen molar-refractivity contribution < 1.29 is 0 Å². The fourth-order valence-electron chi connectivity index (χ4n) is 3.24. The number of hydrogen-bond donors (Lipinski definition) is 1. The SMILES string of the molecule is Nc1cccc2c1CCC(N1CCCC1)C2. The van der Waals surface area contributed by atoms with Crippen LogP contribution in [0.1, 0.15) is 30.4 Å². The van der Waals surface area contributed by atoms with Crippen LogP contribution in [-0.4, -0.2) is 24.0 Å². The largest absolute Gasteiger partial charge is 0.398 e. The van der Waals surface area contributed by atoms with Crippen LogP contribution in [0.25, 0.3) is 0 Å². The second-order valence-electron chi connectivity index (χ2n) is 5.12. The van der Waals surface area contributed by atoms with Gasteiger partial charge in [0, 0.05) is 11.7 Å². The molecule has 3 rings (SSSR count). The molecule has 1 aromatic carbocycles. The van der Waals surface area contributed by atoms with E-state index in [1.807, 2.05) is 6.07 Å². The summed E-state index contributed by atoms with van der Waals surface area (Å²) in [4.78, 5) is 2.67. The summed E-state index contributed by atoms with van der Waals surface area (Å²) in [5.41, 5.74) is 9.93. The topological polar surface area (TPSA) is 29.3 Å². The first-order valence-corrected chi connectivity index (χ1v) is 6.45. The van der Waals surface area contributed by atoms with Gasteiger partial charge in [-0.1, -0.05) is 12.1 Å². The average Bonchev–Trinajstić information content (AvgIpc) is 2.82. The summed E-state index contributed by atoms with van der Waals surface area (Å²) in [6.07, 6.45) is 6.45. The summed E-state index contributed by atoms with van der Waals surface area (Å²) in [6.45, 7) is 2.62. The summed E-state index contributed by atoms with van der Waals surface area (Å²) >= 11 is 0. The maximum absolute atomic E-state index is 6.03. The van der Waals surface area contributed by atoms with Crippen molar-refractivity contribution in [3.8, 4) is 0 Å². The first-order valence-electron chi connectivity index (χ1n) is 6.45. The number of benzene rings is 1. The van der Waals surface area contributed by atoms with Crippen LogP contribution in [0.5, 0.6) is 0 Å². The fourth-order valence-corrected chi connectivity index (χ4v) is 3.24. The van der Waals surface area contributed by atoms with E-state index >= 15 is 0 Å². The molecule has 1 unspecified atom stereocenters. The normalized spacial score (nSPS) is 25.6. The molecular formula is C14H20N2. The summed E-state index contributed by atoms with van der Waals surface area (Å²) in [5.74, 6) is 0. The minimum absolute atomic E-state index is 0.775. The lowest BCUT2D eigenvalue weighted by Crippen LogP contribution is -2.37. The van der Waals surface area contributed by atoms with Crippen LogP contribution in [0.2, 0.25) is 0 Å². The lowest BCUT2D eigenvalue weighted by molar-refractivity contribution is 0.222. The van der Waals surface area contributed by atoms with Gasteiger partial charge in [0.05, 0.1) is 0 Å². The molecule has 2 aliphatic rings. The van der Waals surface area contributed by atoms with Gasteiger partial charge >= 0.3 is 0 Å². The van der Waals surface area contributed by atoms with Crippen molar-refractivity contribution >= 4 is 5.69 Å². The van der Waals surface area contributed by atoms with E-state index < -0.39 is 0 Å². The van der Waals surface area contributed by atoms with Crippen LogP contribution in [-0.2, 0) is 12.8 Å². The van der Waals surface area contributed by atoms with E-state index in [9.17, 15) is 0 Å². The Balaban J connectivity index is 1.80. The zero-order valence-electron chi connectivity index (χ0n) is 9.78. The van der Waals surface area contributed by atoms with E-state index in [1.54, 1.807) is 0 Å². The summed E-state index contributed by atoms with van der Waals surface area (Å²) in [7, 11) is 0. The molecule has 16 heavy (non-hydrogen) atoms. The first kappa shape index (κ1) is 10.2. The van der Waals surface area contributed by atoms with Crippen LogP contribution < -0.4 is 5.73 Å². The van der Waals surface area contributed by atoms with E-state index in [4.69, 9.17) is 5.73 Å². The van der Waals surface area contributed by atoms with Gasteiger partial charge in [0.25, 0.3) is 0 Å². The van der Waals surface area contributed by atoms with Gasteiger partial charge in [-0.2, -0.15) is 0 Å². The molecule has 1 atom stereocenters. The van der Waals surface area contributed by atoms with E-state index in [0.29, 0.717) is 0 Å². The minimum Gasteiger partial charge on any atom is -0.398 e. The molecule has 0 bridgehead atoms. The highest BCUT2D eigenvalue weighted by molar-refractivity contribution is 5.52. The molecule has 0 aromatic heterocycles. The predicted molar refractivity (Wildman–Crippen MR) is 67.5 cm³/mol. The third-order valence-corrected chi connectivity index (χ3v) is 4.15. The number of fused-ring (bicyclic) bond motifs is 1. The lowest BCUT2D eigenvalue weighted by atomic mass is 9.86. The molecule has 2 N–H and O–H groups in total. The molecule has 0 saturated carbocycles. The molecule has 2 heteroatoms. The molecule has 1 aromatic rings. The number of rotatable bonds is 1. The van der Waals surface area contributed by atoms with Gasteiger partial charge in [-0.05, 0) is 62.4 Å². The van der Waals surface area contributed by atoms with Gasteiger partial charge in [0.15, 0.2) is 0 Å². The zero-order chi connectivity index (χ0) is 11.0.